The van der Waals surface area contributed by atoms with Gasteiger partial charge < -0.3 is 14.7 Å². The fraction of sp³-hybridized carbons (Fsp3) is 0.571. The summed E-state index contributed by atoms with van der Waals surface area (Å²) >= 11 is 0. The molecule has 3 rings (SSSR count). The van der Waals surface area contributed by atoms with E-state index in [2.05, 4.69) is 0 Å². The fourth-order valence-electron chi connectivity index (χ4n) is 4.36. The molecule has 1 N–H and O–H groups in total. The highest BCUT2D eigenvalue weighted by Crippen LogP contribution is 2.44. The summed E-state index contributed by atoms with van der Waals surface area (Å²) in [5.74, 6) is -3.48. The number of amides is 2. The monoisotopic (exact) mass is 424 g/mol. The maximum Gasteiger partial charge on any atom is 0.411 e. The second-order valence-corrected chi connectivity index (χ2v) is 8.88. The highest BCUT2D eigenvalue weighted by Gasteiger charge is 2.56. The quantitative estimate of drug-likeness (QED) is 0.803. The number of carboxylic acid groups (broad SMARTS) is 1. The van der Waals surface area contributed by atoms with Gasteiger partial charge in [-0.2, -0.15) is 0 Å². The lowest BCUT2D eigenvalue weighted by Crippen LogP contribution is -2.67. The Hall–Kier alpha value is -2.71. The number of hydrogen-bond donors (Lipinski definition) is 1. The van der Waals surface area contributed by atoms with Gasteiger partial charge in [-0.1, -0.05) is 12.8 Å². The maximum atomic E-state index is 13.9. The van der Waals surface area contributed by atoms with Gasteiger partial charge in [0.15, 0.2) is 0 Å². The van der Waals surface area contributed by atoms with E-state index >= 15 is 0 Å². The van der Waals surface area contributed by atoms with E-state index in [0.29, 0.717) is 31.7 Å². The fourth-order valence-corrected chi connectivity index (χ4v) is 4.36. The Bertz CT molecular complexity index is 841. The molecule has 1 saturated carbocycles. The van der Waals surface area contributed by atoms with Crippen molar-refractivity contribution in [3.63, 3.8) is 0 Å². The standard InChI is InChI=1S/C21H26F2N2O5/c1-20(2,3)30-19(29)25-11-16(13-8-14(22)10-15(23)9-13)24(12-17(26)27)18(28)21(25)6-4-5-7-21/h8-10,16H,4-7,11-12H2,1-3H3,(H,26,27). The summed E-state index contributed by atoms with van der Waals surface area (Å²) in [4.78, 5) is 40.5. The van der Waals surface area contributed by atoms with E-state index in [-0.39, 0.29) is 12.1 Å². The van der Waals surface area contributed by atoms with Crippen molar-refractivity contribution in [2.45, 2.75) is 63.6 Å². The minimum atomic E-state index is -1.25. The van der Waals surface area contributed by atoms with E-state index in [1.54, 1.807) is 20.8 Å². The first-order valence-electron chi connectivity index (χ1n) is 9.92. The Kier molecular flexibility index (Phi) is 5.75. The number of aliphatic carboxylic acids is 1. The minimum absolute atomic E-state index is 0.0866. The summed E-state index contributed by atoms with van der Waals surface area (Å²) in [6, 6.07) is 1.78. The number of carboxylic acids is 1. The Morgan fingerprint density at radius 1 is 1.17 bits per heavy atom. The molecule has 1 aliphatic carbocycles. The smallest absolute Gasteiger partial charge is 0.411 e. The predicted octanol–water partition coefficient (Wildman–Crippen LogP) is 3.48. The third kappa shape index (κ3) is 4.24. The van der Waals surface area contributed by atoms with E-state index in [1.807, 2.05) is 0 Å². The van der Waals surface area contributed by atoms with Crippen LogP contribution < -0.4 is 0 Å². The number of piperazine rings is 1. The van der Waals surface area contributed by atoms with Crippen molar-refractivity contribution in [2.24, 2.45) is 0 Å². The second-order valence-electron chi connectivity index (χ2n) is 8.88. The SMILES string of the molecule is CC(C)(C)OC(=O)N1CC(c2cc(F)cc(F)c2)N(CC(=O)O)C(=O)C12CCCC2. The molecule has 0 bridgehead atoms. The second kappa shape index (κ2) is 7.85. The summed E-state index contributed by atoms with van der Waals surface area (Å²) < 4.78 is 33.3. The third-order valence-corrected chi connectivity index (χ3v) is 5.53. The molecule has 2 fully saturated rings. The van der Waals surface area contributed by atoms with Gasteiger partial charge in [-0.05, 0) is 51.3 Å². The lowest BCUT2D eigenvalue weighted by atomic mass is 9.87. The molecule has 0 aromatic heterocycles. The number of hydrogen-bond acceptors (Lipinski definition) is 4. The number of nitrogens with zero attached hydrogens (tertiary/aromatic N) is 2. The number of halogens is 2. The molecule has 1 heterocycles. The van der Waals surface area contributed by atoms with Crippen LogP contribution in [0, 0.1) is 11.6 Å². The van der Waals surface area contributed by atoms with Crippen LogP contribution in [0.15, 0.2) is 18.2 Å². The van der Waals surface area contributed by atoms with Gasteiger partial charge in [0.25, 0.3) is 0 Å². The highest BCUT2D eigenvalue weighted by atomic mass is 19.1. The summed E-state index contributed by atoms with van der Waals surface area (Å²) in [6.07, 6.45) is 1.46. The van der Waals surface area contributed by atoms with E-state index in [0.717, 1.165) is 17.0 Å². The van der Waals surface area contributed by atoms with Crippen LogP contribution in [0.25, 0.3) is 0 Å². The average Bonchev–Trinajstić information content (AvgIpc) is 3.07. The third-order valence-electron chi connectivity index (χ3n) is 5.53. The van der Waals surface area contributed by atoms with Crippen LogP contribution in [0.4, 0.5) is 13.6 Å². The van der Waals surface area contributed by atoms with Gasteiger partial charge in [-0.25, -0.2) is 13.6 Å². The molecule has 1 aliphatic heterocycles. The first-order valence-corrected chi connectivity index (χ1v) is 9.92. The van der Waals surface area contributed by atoms with Crippen LogP contribution in [-0.2, 0) is 14.3 Å². The minimum Gasteiger partial charge on any atom is -0.480 e. The van der Waals surface area contributed by atoms with Crippen molar-refractivity contribution in [3.8, 4) is 0 Å². The van der Waals surface area contributed by atoms with Crippen molar-refractivity contribution in [1.29, 1.82) is 0 Å². The van der Waals surface area contributed by atoms with Gasteiger partial charge in [0.1, 0.15) is 29.3 Å². The Labute approximate surface area is 173 Å². The van der Waals surface area contributed by atoms with Gasteiger partial charge in [0.05, 0.1) is 6.04 Å². The van der Waals surface area contributed by atoms with Crippen LogP contribution >= 0.6 is 0 Å². The number of ether oxygens (including phenoxy) is 1. The van der Waals surface area contributed by atoms with Gasteiger partial charge in [0, 0.05) is 12.6 Å². The van der Waals surface area contributed by atoms with Gasteiger partial charge in [-0.3, -0.25) is 14.5 Å². The summed E-state index contributed by atoms with van der Waals surface area (Å²) in [7, 11) is 0. The van der Waals surface area contributed by atoms with Crippen LogP contribution in [-0.4, -0.2) is 57.1 Å². The number of carbonyl (C=O) groups excluding carboxylic acids is 2. The van der Waals surface area contributed by atoms with Crippen molar-refractivity contribution in [2.75, 3.05) is 13.1 Å². The molecule has 1 aromatic rings. The molecule has 7 nitrogen and oxygen atoms in total. The first-order chi connectivity index (χ1) is 13.9. The van der Waals surface area contributed by atoms with E-state index in [4.69, 9.17) is 4.74 Å². The molecular formula is C21H26F2N2O5. The lowest BCUT2D eigenvalue weighted by Gasteiger charge is -2.51. The molecule has 30 heavy (non-hydrogen) atoms. The lowest BCUT2D eigenvalue weighted by molar-refractivity contribution is -0.161. The summed E-state index contributed by atoms with van der Waals surface area (Å²) in [6.45, 7) is 4.36. The number of rotatable bonds is 3. The van der Waals surface area contributed by atoms with Crippen molar-refractivity contribution >= 4 is 18.0 Å². The van der Waals surface area contributed by atoms with Gasteiger partial charge in [0.2, 0.25) is 5.91 Å². The van der Waals surface area contributed by atoms with Crippen molar-refractivity contribution in [3.05, 3.63) is 35.4 Å². The molecule has 1 saturated heterocycles. The van der Waals surface area contributed by atoms with Gasteiger partial charge in [-0.15, -0.1) is 0 Å². The highest BCUT2D eigenvalue weighted by molar-refractivity contribution is 5.93. The normalized spacial score (nSPS) is 21.2. The van der Waals surface area contributed by atoms with E-state index in [9.17, 15) is 28.3 Å². The zero-order valence-electron chi connectivity index (χ0n) is 17.3. The Morgan fingerprint density at radius 3 is 2.23 bits per heavy atom. The first kappa shape index (κ1) is 22.0. The molecule has 1 aromatic carbocycles. The van der Waals surface area contributed by atoms with E-state index < -0.39 is 53.3 Å². The molecule has 9 heteroatoms. The molecule has 1 spiro atoms. The molecule has 1 atom stereocenters. The van der Waals surface area contributed by atoms with Crippen molar-refractivity contribution in [1.82, 2.24) is 9.80 Å². The molecule has 1 unspecified atom stereocenters. The van der Waals surface area contributed by atoms with Gasteiger partial charge >= 0.3 is 12.1 Å². The number of benzene rings is 1. The summed E-state index contributed by atoms with van der Waals surface area (Å²) in [5, 5.41) is 9.37. The molecular weight excluding hydrogens is 398 g/mol. The summed E-state index contributed by atoms with van der Waals surface area (Å²) in [5.41, 5.74) is -1.93. The molecule has 2 amide bonds. The Balaban J connectivity index is 2.08. The van der Waals surface area contributed by atoms with Crippen LogP contribution in [0.1, 0.15) is 58.1 Å². The maximum absolute atomic E-state index is 13.9. The van der Waals surface area contributed by atoms with Crippen molar-refractivity contribution < 1.29 is 33.0 Å². The van der Waals surface area contributed by atoms with Crippen LogP contribution in [0.5, 0.6) is 0 Å². The average molecular weight is 424 g/mol. The molecule has 0 radical (unpaired) electrons. The number of carbonyl (C=O) groups is 3. The Morgan fingerprint density at radius 2 is 1.73 bits per heavy atom. The topological polar surface area (TPSA) is 87.2 Å². The predicted molar refractivity (Wildman–Crippen MR) is 103 cm³/mol. The van der Waals surface area contributed by atoms with Crippen LogP contribution in [0.2, 0.25) is 0 Å². The zero-order chi connectivity index (χ0) is 22.3. The largest absolute Gasteiger partial charge is 0.480 e. The molecule has 164 valence electrons. The zero-order valence-corrected chi connectivity index (χ0v) is 17.3. The molecule has 2 aliphatic rings. The van der Waals surface area contributed by atoms with E-state index in [1.165, 1.54) is 4.90 Å². The van der Waals surface area contributed by atoms with Crippen LogP contribution in [0.3, 0.4) is 0 Å².